The number of fused-ring (bicyclic) bond motifs is 1. The van der Waals surface area contributed by atoms with E-state index in [9.17, 15) is 14.4 Å². The molecule has 2 aromatic carbocycles. The third-order valence-corrected chi connectivity index (χ3v) is 5.17. The van der Waals surface area contributed by atoms with Gasteiger partial charge < -0.3 is 14.4 Å². The number of hydrogen-bond donors (Lipinski definition) is 0. The smallest absolute Gasteiger partial charge is 0.416 e. The molecule has 0 unspecified atom stereocenters. The molecule has 0 spiro atoms. The zero-order chi connectivity index (χ0) is 21.3. The van der Waals surface area contributed by atoms with Crippen molar-refractivity contribution in [2.45, 2.75) is 38.5 Å². The summed E-state index contributed by atoms with van der Waals surface area (Å²) in [6.45, 7) is 5.37. The third-order valence-electron chi connectivity index (χ3n) is 5.17. The van der Waals surface area contributed by atoms with Gasteiger partial charge in [-0.1, -0.05) is 30.3 Å². The van der Waals surface area contributed by atoms with E-state index < -0.39 is 12.1 Å². The number of hydrogen-bond acceptors (Lipinski definition) is 5. The quantitative estimate of drug-likeness (QED) is 0.777. The van der Waals surface area contributed by atoms with Crippen LogP contribution in [0.2, 0.25) is 0 Å². The fourth-order valence-electron chi connectivity index (χ4n) is 3.89. The number of nitrogens with zero attached hydrogens (tertiary/aromatic N) is 2. The van der Waals surface area contributed by atoms with Gasteiger partial charge in [0, 0.05) is 5.56 Å². The number of ketones is 1. The van der Waals surface area contributed by atoms with E-state index in [2.05, 4.69) is 0 Å². The van der Waals surface area contributed by atoms with Crippen molar-refractivity contribution in [1.29, 1.82) is 0 Å². The summed E-state index contributed by atoms with van der Waals surface area (Å²) in [6.07, 6.45) is -0.333. The molecule has 2 saturated heterocycles. The van der Waals surface area contributed by atoms with E-state index in [1.54, 1.807) is 60.0 Å². The highest BCUT2D eigenvalue weighted by Crippen LogP contribution is 2.35. The number of carbonyl (C=O) groups excluding carboxylic acids is 3. The van der Waals surface area contributed by atoms with Crippen molar-refractivity contribution >= 4 is 17.8 Å². The van der Waals surface area contributed by atoms with Crippen LogP contribution in [0.15, 0.2) is 54.6 Å². The predicted molar refractivity (Wildman–Crippen MR) is 109 cm³/mol. The maximum atomic E-state index is 12.9. The monoisotopic (exact) mass is 407 g/mol. The molecule has 0 aliphatic carbocycles. The Labute approximate surface area is 175 Å². The van der Waals surface area contributed by atoms with E-state index in [1.165, 1.54) is 4.90 Å². The van der Waals surface area contributed by atoms with E-state index in [-0.39, 0.29) is 36.1 Å². The molecular weight excluding hydrogens is 384 g/mol. The summed E-state index contributed by atoms with van der Waals surface area (Å²) in [5.74, 6) is 0.350. The van der Waals surface area contributed by atoms with Crippen LogP contribution in [0.3, 0.4) is 0 Å². The number of benzene rings is 2. The summed E-state index contributed by atoms with van der Waals surface area (Å²) < 4.78 is 11.2. The Bertz CT molecular complexity index is 959. The van der Waals surface area contributed by atoms with E-state index in [0.717, 1.165) is 0 Å². The normalized spacial score (nSPS) is 20.4. The van der Waals surface area contributed by atoms with Gasteiger partial charge in [0.25, 0.3) is 5.91 Å². The minimum Gasteiger partial charge on any atom is -0.487 e. The number of ether oxygens (including phenoxy) is 2. The summed E-state index contributed by atoms with van der Waals surface area (Å²) in [5.41, 5.74) is 0.520. The fourth-order valence-corrected chi connectivity index (χ4v) is 3.89. The van der Waals surface area contributed by atoms with Crippen molar-refractivity contribution < 1.29 is 23.9 Å². The molecule has 7 heteroatoms. The summed E-state index contributed by atoms with van der Waals surface area (Å²) in [7, 11) is 0. The van der Waals surface area contributed by atoms with Crippen molar-refractivity contribution in [3.8, 4) is 11.5 Å². The summed E-state index contributed by atoms with van der Waals surface area (Å²) >= 11 is 0. The van der Waals surface area contributed by atoms with Gasteiger partial charge in [0.05, 0.1) is 25.2 Å². The second-order valence-electron chi connectivity index (χ2n) is 7.58. The highest BCUT2D eigenvalue weighted by molar-refractivity contribution is 6.02. The van der Waals surface area contributed by atoms with Gasteiger partial charge in [0.2, 0.25) is 0 Å². The molecule has 2 aromatic rings. The number of carbonyl (C=O) groups is 3. The van der Waals surface area contributed by atoms with Crippen molar-refractivity contribution in [1.82, 2.24) is 9.80 Å². The molecule has 2 fully saturated rings. The summed E-state index contributed by atoms with van der Waals surface area (Å²) in [4.78, 5) is 41.2. The molecule has 4 rings (SSSR count). The predicted octanol–water partition coefficient (Wildman–Crippen LogP) is 3.30. The third kappa shape index (κ3) is 3.75. The first-order chi connectivity index (χ1) is 14.5. The highest BCUT2D eigenvalue weighted by atomic mass is 16.6. The lowest BCUT2D eigenvalue weighted by Gasteiger charge is -2.24. The van der Waals surface area contributed by atoms with Crippen LogP contribution >= 0.6 is 0 Å². The summed E-state index contributed by atoms with van der Waals surface area (Å²) in [6, 6.07) is 14.6. The minimum atomic E-state index is -0.733. The van der Waals surface area contributed by atoms with Gasteiger partial charge in [0.15, 0.2) is 17.3 Å². The van der Waals surface area contributed by atoms with Gasteiger partial charge in [0.1, 0.15) is 6.04 Å². The van der Waals surface area contributed by atoms with Gasteiger partial charge in [-0.25, -0.2) is 4.79 Å². The maximum absolute atomic E-state index is 12.9. The Balaban J connectivity index is 1.49. The molecule has 7 nitrogen and oxygen atoms in total. The lowest BCUT2D eigenvalue weighted by Crippen LogP contribution is -2.43. The van der Waals surface area contributed by atoms with Crippen molar-refractivity contribution in [2.24, 2.45) is 0 Å². The Hall–Kier alpha value is -3.35. The van der Waals surface area contributed by atoms with Gasteiger partial charge in [-0.3, -0.25) is 14.5 Å². The van der Waals surface area contributed by atoms with Gasteiger partial charge in [-0.05, 0) is 44.5 Å². The second-order valence-corrected chi connectivity index (χ2v) is 7.58. The molecule has 30 heavy (non-hydrogen) atoms. The zero-order valence-electron chi connectivity index (χ0n) is 16.9. The Morgan fingerprint density at radius 1 is 1.00 bits per heavy atom. The standard InChI is InChI=1S/C23H23N2O5/c1-15(2)29-19-10-6-7-11-20(19)30-23(28)24-13-12-17-21(24)18(26)14-25(17)22(27)16-8-4-3-5-9-16/h3-11,13,15,17,21H,12,14H2,1-2H3/t17-,21+/m1/s1. The van der Waals surface area contributed by atoms with Crippen molar-refractivity contribution in [2.75, 3.05) is 6.54 Å². The Morgan fingerprint density at radius 3 is 2.37 bits per heavy atom. The molecule has 0 saturated carbocycles. The number of likely N-dealkylation sites (tertiary alicyclic amines) is 2. The number of amides is 2. The van der Waals surface area contributed by atoms with Crippen LogP contribution in [0.5, 0.6) is 11.5 Å². The van der Waals surface area contributed by atoms with Crippen LogP contribution in [-0.4, -0.2) is 52.3 Å². The first kappa shape index (κ1) is 19.9. The molecule has 2 aliphatic heterocycles. The van der Waals surface area contributed by atoms with Crippen LogP contribution in [0.1, 0.15) is 30.6 Å². The van der Waals surface area contributed by atoms with Crippen LogP contribution in [0.4, 0.5) is 4.79 Å². The Morgan fingerprint density at radius 2 is 1.67 bits per heavy atom. The molecule has 1 radical (unpaired) electrons. The van der Waals surface area contributed by atoms with Gasteiger partial charge >= 0.3 is 6.09 Å². The van der Waals surface area contributed by atoms with Crippen molar-refractivity contribution in [3.63, 3.8) is 0 Å². The lowest BCUT2D eigenvalue weighted by atomic mass is 10.1. The molecule has 0 N–H and O–H groups in total. The molecule has 155 valence electrons. The first-order valence-electron chi connectivity index (χ1n) is 9.93. The van der Waals surface area contributed by atoms with E-state index in [0.29, 0.717) is 17.7 Å². The summed E-state index contributed by atoms with van der Waals surface area (Å²) in [5, 5.41) is 0. The van der Waals surface area contributed by atoms with Gasteiger partial charge in [-0.15, -0.1) is 0 Å². The van der Waals surface area contributed by atoms with E-state index in [1.807, 2.05) is 19.9 Å². The topological polar surface area (TPSA) is 76.2 Å². The minimum absolute atomic E-state index is 0.0201. The average Bonchev–Trinajstić information content (AvgIpc) is 3.31. The van der Waals surface area contributed by atoms with Crippen LogP contribution in [-0.2, 0) is 4.79 Å². The lowest BCUT2D eigenvalue weighted by molar-refractivity contribution is -0.119. The zero-order valence-corrected chi connectivity index (χ0v) is 16.9. The molecule has 2 atom stereocenters. The maximum Gasteiger partial charge on any atom is 0.416 e. The molecule has 0 aromatic heterocycles. The van der Waals surface area contributed by atoms with Crippen LogP contribution in [0, 0.1) is 6.54 Å². The van der Waals surface area contributed by atoms with Crippen molar-refractivity contribution in [3.05, 3.63) is 66.7 Å². The van der Waals surface area contributed by atoms with E-state index in [4.69, 9.17) is 9.47 Å². The second kappa shape index (κ2) is 8.18. The Kier molecular flexibility index (Phi) is 5.44. The fraction of sp³-hybridized carbons (Fsp3) is 0.304. The molecule has 2 heterocycles. The molecule has 0 bridgehead atoms. The molecular formula is C23H23N2O5. The van der Waals surface area contributed by atoms with Crippen LogP contribution in [0.25, 0.3) is 0 Å². The number of rotatable bonds is 4. The first-order valence-corrected chi connectivity index (χ1v) is 9.93. The van der Waals surface area contributed by atoms with Crippen LogP contribution < -0.4 is 9.47 Å². The van der Waals surface area contributed by atoms with E-state index >= 15 is 0 Å². The van der Waals surface area contributed by atoms with Gasteiger partial charge in [-0.2, -0.15) is 0 Å². The average molecular weight is 407 g/mol. The largest absolute Gasteiger partial charge is 0.487 e. The SMILES string of the molecule is CC(C)Oc1ccccc1OC(=O)N1[CH]C[C@@H]2[C@H]1C(=O)CN2C(=O)c1ccccc1. The number of Topliss-reactive ketones (excluding diaryl/α,β-unsaturated/α-hetero) is 1. The molecule has 2 aliphatic rings. The number of para-hydroxylation sites is 2. The highest BCUT2D eigenvalue weighted by Gasteiger charge is 2.52. The molecule has 2 amide bonds.